The van der Waals surface area contributed by atoms with Gasteiger partial charge in [0.25, 0.3) is 0 Å². The van der Waals surface area contributed by atoms with E-state index in [4.69, 9.17) is 9.15 Å². The zero-order chi connectivity index (χ0) is 22.7. The first kappa shape index (κ1) is 22.2. The minimum Gasteiger partial charge on any atom is -0.461 e. The molecule has 0 radical (unpaired) electrons. The van der Waals surface area contributed by atoms with E-state index in [1.165, 1.54) is 28.8 Å². The number of carbonyl (C=O) groups is 1. The van der Waals surface area contributed by atoms with Crippen LogP contribution in [-0.2, 0) is 32.6 Å². The van der Waals surface area contributed by atoms with Gasteiger partial charge in [0, 0.05) is 42.5 Å². The Kier molecular flexibility index (Phi) is 6.38. The monoisotopic (exact) mass is 456 g/mol. The molecule has 0 N–H and O–H groups in total. The number of nitrogens with zero attached hydrogens (tertiary/aromatic N) is 2. The molecule has 0 aliphatic carbocycles. The predicted octanol–water partition coefficient (Wildman–Crippen LogP) is 2.89. The van der Waals surface area contributed by atoms with Crippen LogP contribution in [0, 0.1) is 5.92 Å². The van der Waals surface area contributed by atoms with Gasteiger partial charge >= 0.3 is 11.6 Å². The number of piperidine rings is 1. The van der Waals surface area contributed by atoms with Crippen LogP contribution in [0.5, 0.6) is 0 Å². The summed E-state index contributed by atoms with van der Waals surface area (Å²) in [6.07, 6.45) is 4.39. The van der Waals surface area contributed by atoms with Crippen molar-refractivity contribution in [2.75, 3.05) is 13.1 Å². The minimum atomic E-state index is -3.63. The van der Waals surface area contributed by atoms with Crippen molar-refractivity contribution in [2.24, 2.45) is 5.92 Å². The summed E-state index contributed by atoms with van der Waals surface area (Å²) in [5.74, 6) is -0.788. The second-order valence-electron chi connectivity index (χ2n) is 7.75. The molecule has 9 heteroatoms. The topological polar surface area (TPSA) is 107 Å². The summed E-state index contributed by atoms with van der Waals surface area (Å²) in [4.78, 5) is 28.6. The molecule has 0 unspecified atom stereocenters. The van der Waals surface area contributed by atoms with E-state index in [1.807, 2.05) is 25.1 Å². The SMILES string of the molecule is CCc1ccc2c(COC(=O)C3CCN(S(=O)(=O)c4cccnc4)CC3)cc(=O)oc2c1. The number of fused-ring (bicyclic) bond motifs is 1. The third-order valence-corrected chi connectivity index (χ3v) is 7.61. The molecule has 0 spiro atoms. The fraction of sp³-hybridized carbons (Fsp3) is 0.348. The van der Waals surface area contributed by atoms with Crippen molar-refractivity contribution in [3.63, 3.8) is 0 Å². The van der Waals surface area contributed by atoms with Crippen LogP contribution in [0.3, 0.4) is 0 Å². The molecule has 0 saturated carbocycles. The van der Waals surface area contributed by atoms with Crippen molar-refractivity contribution in [1.82, 2.24) is 9.29 Å². The molecular formula is C23H24N2O6S. The van der Waals surface area contributed by atoms with Gasteiger partial charge in [0.1, 0.15) is 17.1 Å². The van der Waals surface area contributed by atoms with Crippen molar-refractivity contribution in [1.29, 1.82) is 0 Å². The van der Waals surface area contributed by atoms with Gasteiger partial charge in [-0.15, -0.1) is 0 Å². The van der Waals surface area contributed by atoms with Gasteiger partial charge in [0.05, 0.1) is 5.92 Å². The standard InChI is InChI=1S/C23H24N2O6S/c1-2-16-5-6-20-18(13-22(26)31-21(20)12-16)15-30-23(27)17-7-10-25(11-8-17)32(28,29)19-4-3-9-24-14-19/h3-6,9,12-14,17H,2,7-8,10-11,15H2,1H3. The van der Waals surface area contributed by atoms with Gasteiger partial charge in [0.15, 0.2) is 0 Å². The predicted molar refractivity (Wildman–Crippen MR) is 117 cm³/mol. The Hall–Kier alpha value is -3.04. The third kappa shape index (κ3) is 4.58. The Morgan fingerprint density at radius 3 is 2.69 bits per heavy atom. The molecule has 4 rings (SSSR count). The van der Waals surface area contributed by atoms with Gasteiger partial charge in [-0.1, -0.05) is 19.1 Å². The Bertz CT molecular complexity index is 1280. The lowest BCUT2D eigenvalue weighted by Gasteiger charge is -2.30. The van der Waals surface area contributed by atoms with E-state index in [2.05, 4.69) is 4.98 Å². The van der Waals surface area contributed by atoms with Gasteiger partial charge in [-0.3, -0.25) is 9.78 Å². The number of aryl methyl sites for hydroxylation is 1. The lowest BCUT2D eigenvalue weighted by Crippen LogP contribution is -2.40. The van der Waals surface area contributed by atoms with Gasteiger partial charge in [-0.05, 0) is 43.0 Å². The molecule has 1 aliphatic heterocycles. The highest BCUT2D eigenvalue weighted by Gasteiger charge is 2.33. The van der Waals surface area contributed by atoms with Crippen LogP contribution in [0.4, 0.5) is 0 Å². The maximum absolute atomic E-state index is 12.7. The maximum Gasteiger partial charge on any atom is 0.336 e. The van der Waals surface area contributed by atoms with Crippen molar-refractivity contribution in [3.8, 4) is 0 Å². The van der Waals surface area contributed by atoms with Crippen LogP contribution in [0.1, 0.15) is 30.9 Å². The molecule has 3 heterocycles. The summed E-state index contributed by atoms with van der Waals surface area (Å²) in [5.41, 5.74) is 1.61. The van der Waals surface area contributed by atoms with Crippen LogP contribution >= 0.6 is 0 Å². The first-order valence-electron chi connectivity index (χ1n) is 10.5. The van der Waals surface area contributed by atoms with E-state index < -0.39 is 27.5 Å². The molecule has 1 fully saturated rings. The Labute approximate surface area is 185 Å². The molecule has 8 nitrogen and oxygen atoms in total. The van der Waals surface area contributed by atoms with Gasteiger partial charge in [-0.2, -0.15) is 4.31 Å². The Morgan fingerprint density at radius 1 is 1.22 bits per heavy atom. The summed E-state index contributed by atoms with van der Waals surface area (Å²) in [6, 6.07) is 10.1. The molecule has 3 aromatic rings. The number of esters is 1. The number of sulfonamides is 1. The number of benzene rings is 1. The summed E-state index contributed by atoms with van der Waals surface area (Å²) in [7, 11) is -3.63. The highest BCUT2D eigenvalue weighted by atomic mass is 32.2. The van der Waals surface area contributed by atoms with E-state index in [1.54, 1.807) is 6.07 Å². The normalized spacial score (nSPS) is 15.7. The van der Waals surface area contributed by atoms with Crippen molar-refractivity contribution in [3.05, 3.63) is 70.3 Å². The second-order valence-corrected chi connectivity index (χ2v) is 9.69. The number of rotatable bonds is 6. The number of hydrogen-bond acceptors (Lipinski definition) is 7. The number of carbonyl (C=O) groups excluding carboxylic acids is 1. The smallest absolute Gasteiger partial charge is 0.336 e. The molecule has 168 valence electrons. The molecular weight excluding hydrogens is 432 g/mol. The molecule has 0 atom stereocenters. The van der Waals surface area contributed by atoms with Crippen LogP contribution in [-0.4, -0.2) is 36.8 Å². The summed E-state index contributed by atoms with van der Waals surface area (Å²) in [6.45, 7) is 2.43. The van der Waals surface area contributed by atoms with Gasteiger partial charge in [0.2, 0.25) is 10.0 Å². The largest absolute Gasteiger partial charge is 0.461 e. The van der Waals surface area contributed by atoms with E-state index in [0.717, 1.165) is 17.4 Å². The first-order valence-corrected chi connectivity index (χ1v) is 11.9. The molecule has 0 bridgehead atoms. The van der Waals surface area contributed by atoms with Crippen LogP contribution in [0.25, 0.3) is 11.0 Å². The average Bonchev–Trinajstić information content (AvgIpc) is 2.82. The quantitative estimate of drug-likeness (QED) is 0.415. The zero-order valence-electron chi connectivity index (χ0n) is 17.7. The number of aromatic nitrogens is 1. The van der Waals surface area contributed by atoms with E-state index in [0.29, 0.717) is 24.0 Å². The van der Waals surface area contributed by atoms with Crippen LogP contribution < -0.4 is 5.63 Å². The van der Waals surface area contributed by atoms with E-state index >= 15 is 0 Å². The van der Waals surface area contributed by atoms with Gasteiger partial charge < -0.3 is 9.15 Å². The second kappa shape index (κ2) is 9.22. The zero-order valence-corrected chi connectivity index (χ0v) is 18.5. The maximum atomic E-state index is 12.7. The molecule has 2 aromatic heterocycles. The van der Waals surface area contributed by atoms with Crippen LogP contribution in [0.2, 0.25) is 0 Å². The highest BCUT2D eigenvalue weighted by Crippen LogP contribution is 2.25. The molecule has 0 amide bonds. The van der Waals surface area contributed by atoms with E-state index in [-0.39, 0.29) is 24.6 Å². The average molecular weight is 457 g/mol. The lowest BCUT2D eigenvalue weighted by molar-refractivity contribution is -0.151. The summed E-state index contributed by atoms with van der Waals surface area (Å²) >= 11 is 0. The summed E-state index contributed by atoms with van der Waals surface area (Å²) in [5, 5.41) is 0.729. The Balaban J connectivity index is 1.39. The van der Waals surface area contributed by atoms with Crippen molar-refractivity contribution in [2.45, 2.75) is 37.7 Å². The number of ether oxygens (including phenoxy) is 1. The molecule has 1 aliphatic rings. The number of pyridine rings is 1. The fourth-order valence-electron chi connectivity index (χ4n) is 3.86. The molecule has 32 heavy (non-hydrogen) atoms. The van der Waals surface area contributed by atoms with Crippen molar-refractivity contribution >= 4 is 27.0 Å². The van der Waals surface area contributed by atoms with Crippen LogP contribution in [0.15, 0.2) is 62.9 Å². The highest BCUT2D eigenvalue weighted by molar-refractivity contribution is 7.89. The third-order valence-electron chi connectivity index (χ3n) is 5.73. The number of hydrogen-bond donors (Lipinski definition) is 0. The fourth-order valence-corrected chi connectivity index (χ4v) is 5.30. The van der Waals surface area contributed by atoms with E-state index in [9.17, 15) is 18.0 Å². The van der Waals surface area contributed by atoms with Gasteiger partial charge in [-0.25, -0.2) is 13.2 Å². The minimum absolute atomic E-state index is 0.0411. The first-order chi connectivity index (χ1) is 15.4. The molecule has 1 aromatic carbocycles. The summed E-state index contributed by atoms with van der Waals surface area (Å²) < 4.78 is 37.6. The lowest BCUT2D eigenvalue weighted by atomic mass is 9.98. The Morgan fingerprint density at radius 2 is 2.00 bits per heavy atom. The molecule has 1 saturated heterocycles. The van der Waals surface area contributed by atoms with Crippen molar-refractivity contribution < 1.29 is 22.4 Å².